The summed E-state index contributed by atoms with van der Waals surface area (Å²) < 4.78 is 0. The highest BCUT2D eigenvalue weighted by molar-refractivity contribution is 6.10. The van der Waals surface area contributed by atoms with Crippen LogP contribution >= 0.6 is 0 Å². The molecule has 0 fully saturated rings. The van der Waals surface area contributed by atoms with Crippen molar-refractivity contribution < 1.29 is 4.79 Å². The molecule has 1 aliphatic carbocycles. The van der Waals surface area contributed by atoms with Gasteiger partial charge in [-0.25, -0.2) is 0 Å². The van der Waals surface area contributed by atoms with Crippen LogP contribution in [0.2, 0.25) is 0 Å². The molecule has 2 nitrogen and oxygen atoms in total. The zero-order chi connectivity index (χ0) is 15.0. The van der Waals surface area contributed by atoms with Crippen molar-refractivity contribution in [3.63, 3.8) is 0 Å². The highest BCUT2D eigenvalue weighted by atomic mass is 16.1. The Kier molecular flexibility index (Phi) is 3.54. The van der Waals surface area contributed by atoms with Crippen LogP contribution in [0.1, 0.15) is 51.0 Å². The number of nitrogen functional groups attached to an aromatic ring is 1. The van der Waals surface area contributed by atoms with E-state index >= 15 is 0 Å². The standard InChI is InChI=1S/C19H21NO/c1-12-9-13(2)18(20)11-17(12)19(21)16-8-7-14-5-3-4-6-15(14)10-16/h7-11H,3-6,20H2,1-2H3. The van der Waals surface area contributed by atoms with Gasteiger partial charge in [-0.2, -0.15) is 0 Å². The van der Waals surface area contributed by atoms with E-state index < -0.39 is 0 Å². The topological polar surface area (TPSA) is 43.1 Å². The first kappa shape index (κ1) is 13.9. The van der Waals surface area contributed by atoms with Gasteiger partial charge in [0.1, 0.15) is 0 Å². The summed E-state index contributed by atoms with van der Waals surface area (Å²) in [5.41, 5.74) is 12.9. The summed E-state index contributed by atoms with van der Waals surface area (Å²) in [5, 5.41) is 0. The minimum absolute atomic E-state index is 0.0765. The van der Waals surface area contributed by atoms with E-state index in [0.717, 1.165) is 29.5 Å². The fraction of sp³-hybridized carbons (Fsp3) is 0.316. The van der Waals surface area contributed by atoms with Gasteiger partial charge in [-0.05, 0) is 73.9 Å². The van der Waals surface area contributed by atoms with E-state index in [0.29, 0.717) is 11.3 Å². The van der Waals surface area contributed by atoms with E-state index in [9.17, 15) is 4.79 Å². The molecule has 0 aliphatic heterocycles. The number of aryl methyl sites for hydroxylation is 4. The van der Waals surface area contributed by atoms with Crippen molar-refractivity contribution in [1.29, 1.82) is 0 Å². The summed E-state index contributed by atoms with van der Waals surface area (Å²) in [6, 6.07) is 9.95. The number of anilines is 1. The zero-order valence-electron chi connectivity index (χ0n) is 12.7. The van der Waals surface area contributed by atoms with Gasteiger partial charge < -0.3 is 5.73 Å². The predicted octanol–water partition coefficient (Wildman–Crippen LogP) is 4.00. The van der Waals surface area contributed by atoms with Crippen molar-refractivity contribution in [2.45, 2.75) is 39.5 Å². The summed E-state index contributed by atoms with van der Waals surface area (Å²) in [6.07, 6.45) is 4.71. The third-order valence-electron chi connectivity index (χ3n) is 4.47. The quantitative estimate of drug-likeness (QED) is 0.667. The Labute approximate surface area is 126 Å². The summed E-state index contributed by atoms with van der Waals surface area (Å²) >= 11 is 0. The Morgan fingerprint density at radius 3 is 2.43 bits per heavy atom. The Hall–Kier alpha value is -2.09. The van der Waals surface area contributed by atoms with E-state index in [1.165, 1.54) is 24.0 Å². The monoisotopic (exact) mass is 279 g/mol. The number of benzene rings is 2. The van der Waals surface area contributed by atoms with E-state index in [2.05, 4.69) is 12.1 Å². The summed E-state index contributed by atoms with van der Waals surface area (Å²) in [7, 11) is 0. The second-order valence-corrected chi connectivity index (χ2v) is 6.04. The molecule has 2 aromatic carbocycles. The lowest BCUT2D eigenvalue weighted by Gasteiger charge is -2.16. The van der Waals surface area contributed by atoms with Gasteiger partial charge in [-0.3, -0.25) is 4.79 Å². The number of hydrogen-bond acceptors (Lipinski definition) is 2. The fourth-order valence-corrected chi connectivity index (χ4v) is 3.14. The van der Waals surface area contributed by atoms with Gasteiger partial charge in [0, 0.05) is 16.8 Å². The molecule has 108 valence electrons. The van der Waals surface area contributed by atoms with Gasteiger partial charge in [0.15, 0.2) is 5.78 Å². The van der Waals surface area contributed by atoms with E-state index in [-0.39, 0.29) is 5.78 Å². The fourth-order valence-electron chi connectivity index (χ4n) is 3.14. The van der Waals surface area contributed by atoms with Crippen molar-refractivity contribution in [3.8, 4) is 0 Å². The van der Waals surface area contributed by atoms with Crippen molar-refractivity contribution in [3.05, 3.63) is 63.7 Å². The van der Waals surface area contributed by atoms with E-state index in [1.54, 1.807) is 0 Å². The van der Waals surface area contributed by atoms with Crippen LogP contribution in [0, 0.1) is 13.8 Å². The molecular formula is C19H21NO. The average molecular weight is 279 g/mol. The molecule has 0 heterocycles. The highest BCUT2D eigenvalue weighted by Crippen LogP contribution is 2.25. The number of fused-ring (bicyclic) bond motifs is 1. The molecule has 0 spiro atoms. The normalized spacial score (nSPS) is 13.8. The molecular weight excluding hydrogens is 258 g/mol. The molecule has 0 atom stereocenters. The third-order valence-corrected chi connectivity index (χ3v) is 4.47. The van der Waals surface area contributed by atoms with Crippen LogP contribution in [0.15, 0.2) is 30.3 Å². The molecule has 0 bridgehead atoms. The largest absolute Gasteiger partial charge is 0.398 e. The number of carbonyl (C=O) groups excluding carboxylic acids is 1. The van der Waals surface area contributed by atoms with Crippen LogP contribution in [0.25, 0.3) is 0 Å². The second-order valence-electron chi connectivity index (χ2n) is 6.04. The SMILES string of the molecule is Cc1cc(C)c(C(=O)c2ccc3c(c2)CCCC3)cc1N. The maximum Gasteiger partial charge on any atom is 0.193 e. The van der Waals surface area contributed by atoms with Gasteiger partial charge in [0.2, 0.25) is 0 Å². The van der Waals surface area contributed by atoms with Crippen LogP contribution in [-0.4, -0.2) is 5.78 Å². The van der Waals surface area contributed by atoms with Crippen LogP contribution in [-0.2, 0) is 12.8 Å². The number of hydrogen-bond donors (Lipinski definition) is 1. The van der Waals surface area contributed by atoms with Crippen LogP contribution < -0.4 is 5.73 Å². The minimum atomic E-state index is 0.0765. The molecule has 0 amide bonds. The molecule has 3 rings (SSSR count). The molecule has 0 aromatic heterocycles. The number of rotatable bonds is 2. The van der Waals surface area contributed by atoms with Gasteiger partial charge in [0.25, 0.3) is 0 Å². The average Bonchev–Trinajstić information content (AvgIpc) is 2.50. The Morgan fingerprint density at radius 1 is 0.952 bits per heavy atom. The highest BCUT2D eigenvalue weighted by Gasteiger charge is 2.16. The second kappa shape index (κ2) is 5.36. The lowest BCUT2D eigenvalue weighted by atomic mass is 9.88. The Balaban J connectivity index is 2.01. The van der Waals surface area contributed by atoms with Crippen molar-refractivity contribution >= 4 is 11.5 Å². The molecule has 0 radical (unpaired) electrons. The van der Waals surface area contributed by atoms with Crippen molar-refractivity contribution in [1.82, 2.24) is 0 Å². The van der Waals surface area contributed by atoms with Gasteiger partial charge in [-0.1, -0.05) is 18.2 Å². The molecule has 0 unspecified atom stereocenters. The molecule has 2 N–H and O–H groups in total. The van der Waals surface area contributed by atoms with Crippen molar-refractivity contribution in [2.24, 2.45) is 0 Å². The lowest BCUT2D eigenvalue weighted by Crippen LogP contribution is -2.09. The predicted molar refractivity (Wildman–Crippen MR) is 86.8 cm³/mol. The van der Waals surface area contributed by atoms with Crippen molar-refractivity contribution in [2.75, 3.05) is 5.73 Å². The smallest absolute Gasteiger partial charge is 0.193 e. The van der Waals surface area contributed by atoms with E-state index in [4.69, 9.17) is 5.73 Å². The van der Waals surface area contributed by atoms with Gasteiger partial charge in [0.05, 0.1) is 0 Å². The maximum atomic E-state index is 12.8. The number of ketones is 1. The molecule has 1 aliphatic rings. The Bertz CT molecular complexity index is 716. The summed E-state index contributed by atoms with van der Waals surface area (Å²) in [5.74, 6) is 0.0765. The van der Waals surface area contributed by atoms with E-state index in [1.807, 2.05) is 32.0 Å². The Morgan fingerprint density at radius 2 is 1.67 bits per heavy atom. The number of nitrogens with two attached hydrogens (primary N) is 1. The first-order valence-corrected chi connectivity index (χ1v) is 7.59. The molecule has 2 heteroatoms. The molecule has 21 heavy (non-hydrogen) atoms. The number of carbonyl (C=O) groups is 1. The first-order valence-electron chi connectivity index (χ1n) is 7.59. The van der Waals surface area contributed by atoms with Crippen LogP contribution in [0.4, 0.5) is 5.69 Å². The zero-order valence-corrected chi connectivity index (χ0v) is 12.7. The minimum Gasteiger partial charge on any atom is -0.398 e. The lowest BCUT2D eigenvalue weighted by molar-refractivity contribution is 0.103. The molecule has 2 aromatic rings. The van der Waals surface area contributed by atoms with Crippen LogP contribution in [0.5, 0.6) is 0 Å². The summed E-state index contributed by atoms with van der Waals surface area (Å²) in [4.78, 5) is 12.8. The molecule has 0 saturated heterocycles. The van der Waals surface area contributed by atoms with Gasteiger partial charge in [-0.15, -0.1) is 0 Å². The first-order chi connectivity index (χ1) is 10.1. The summed E-state index contributed by atoms with van der Waals surface area (Å²) in [6.45, 7) is 3.94. The maximum absolute atomic E-state index is 12.8. The molecule has 0 saturated carbocycles. The third kappa shape index (κ3) is 2.58. The van der Waals surface area contributed by atoms with Gasteiger partial charge >= 0.3 is 0 Å². The van der Waals surface area contributed by atoms with Crippen LogP contribution in [0.3, 0.4) is 0 Å².